The van der Waals surface area contributed by atoms with Gasteiger partial charge in [0.25, 0.3) is 0 Å². The van der Waals surface area contributed by atoms with Gasteiger partial charge in [0, 0.05) is 0 Å². The van der Waals surface area contributed by atoms with Gasteiger partial charge in [0.05, 0.1) is 17.3 Å². The van der Waals surface area contributed by atoms with Gasteiger partial charge in [-0.05, 0) is 49.6 Å². The number of halogens is 1. The van der Waals surface area contributed by atoms with Gasteiger partial charge in [-0.1, -0.05) is 35.9 Å². The zero-order valence-electron chi connectivity index (χ0n) is 13.6. The Labute approximate surface area is 141 Å². The molecule has 2 aromatic carbocycles. The molecule has 0 saturated carbocycles. The molecule has 0 heterocycles. The maximum atomic E-state index is 11.9. The van der Waals surface area contributed by atoms with Crippen molar-refractivity contribution in [2.75, 3.05) is 18.5 Å². The second-order valence-electron chi connectivity index (χ2n) is 5.43. The summed E-state index contributed by atoms with van der Waals surface area (Å²) in [6.45, 7) is 6.67. The molecule has 2 rings (SSSR count). The van der Waals surface area contributed by atoms with Crippen molar-refractivity contribution in [3.63, 3.8) is 0 Å². The fourth-order valence-electron chi connectivity index (χ4n) is 2.28. The summed E-state index contributed by atoms with van der Waals surface area (Å²) in [6, 6.07) is 11.3. The molecular weight excluding hydrogens is 312 g/mol. The third-order valence-corrected chi connectivity index (χ3v) is 3.71. The van der Waals surface area contributed by atoms with E-state index in [0.717, 1.165) is 22.4 Å². The number of hydrogen-bond acceptors (Lipinski definition) is 2. The number of carbonyl (C=O) groups excluding carboxylic acids is 1. The molecule has 0 saturated heterocycles. The summed E-state index contributed by atoms with van der Waals surface area (Å²) in [5.74, 6) is 0.826. The Bertz CT molecular complexity index is 678. The minimum Gasteiger partial charge on any atom is -0.491 e. The van der Waals surface area contributed by atoms with Crippen LogP contribution in [0.1, 0.15) is 16.7 Å². The first-order chi connectivity index (χ1) is 11.0. The van der Waals surface area contributed by atoms with E-state index in [4.69, 9.17) is 16.3 Å². The van der Waals surface area contributed by atoms with Crippen LogP contribution in [-0.4, -0.2) is 19.2 Å². The van der Waals surface area contributed by atoms with Gasteiger partial charge in [-0.15, -0.1) is 0 Å². The number of aryl methyl sites for hydroxylation is 3. The number of urea groups is 1. The van der Waals surface area contributed by atoms with E-state index in [-0.39, 0.29) is 6.03 Å². The molecule has 0 radical (unpaired) electrons. The largest absolute Gasteiger partial charge is 0.491 e. The molecule has 0 fully saturated rings. The Balaban J connectivity index is 1.81. The second-order valence-corrected chi connectivity index (χ2v) is 5.84. The van der Waals surface area contributed by atoms with E-state index in [1.807, 2.05) is 57.2 Å². The summed E-state index contributed by atoms with van der Waals surface area (Å²) >= 11 is 6.17. The Morgan fingerprint density at radius 3 is 2.57 bits per heavy atom. The van der Waals surface area contributed by atoms with E-state index >= 15 is 0 Å². The van der Waals surface area contributed by atoms with Gasteiger partial charge < -0.3 is 15.4 Å². The van der Waals surface area contributed by atoms with Crippen LogP contribution >= 0.6 is 11.6 Å². The Kier molecular flexibility index (Phi) is 5.88. The van der Waals surface area contributed by atoms with Crippen LogP contribution in [0.4, 0.5) is 10.5 Å². The number of carbonyl (C=O) groups is 1. The van der Waals surface area contributed by atoms with E-state index in [9.17, 15) is 4.79 Å². The summed E-state index contributed by atoms with van der Waals surface area (Å²) in [5.41, 5.74) is 3.69. The molecule has 0 aromatic heterocycles. The van der Waals surface area contributed by atoms with Crippen LogP contribution in [0.2, 0.25) is 5.02 Å². The molecule has 23 heavy (non-hydrogen) atoms. The van der Waals surface area contributed by atoms with Crippen LogP contribution in [0.15, 0.2) is 36.4 Å². The van der Waals surface area contributed by atoms with Gasteiger partial charge in [-0.2, -0.15) is 0 Å². The molecule has 4 nitrogen and oxygen atoms in total. The first kappa shape index (κ1) is 17.2. The zero-order chi connectivity index (χ0) is 16.8. The highest BCUT2D eigenvalue weighted by Crippen LogP contribution is 2.27. The lowest BCUT2D eigenvalue weighted by Crippen LogP contribution is -2.32. The highest BCUT2D eigenvalue weighted by atomic mass is 35.5. The van der Waals surface area contributed by atoms with Crippen molar-refractivity contribution in [1.29, 1.82) is 0 Å². The summed E-state index contributed by atoms with van der Waals surface area (Å²) < 4.78 is 5.63. The van der Waals surface area contributed by atoms with Crippen molar-refractivity contribution in [3.8, 4) is 5.75 Å². The molecule has 0 atom stereocenters. The van der Waals surface area contributed by atoms with Crippen LogP contribution < -0.4 is 15.4 Å². The molecule has 2 aromatic rings. The van der Waals surface area contributed by atoms with E-state index in [0.29, 0.717) is 23.9 Å². The van der Waals surface area contributed by atoms with Gasteiger partial charge in [-0.25, -0.2) is 4.79 Å². The number of hydrogen-bond donors (Lipinski definition) is 2. The normalized spacial score (nSPS) is 10.3. The van der Waals surface area contributed by atoms with Crippen LogP contribution in [-0.2, 0) is 0 Å². The van der Waals surface area contributed by atoms with Crippen molar-refractivity contribution in [2.45, 2.75) is 20.8 Å². The third kappa shape index (κ3) is 4.89. The number of benzene rings is 2. The predicted octanol–water partition coefficient (Wildman–Crippen LogP) is 4.47. The average molecular weight is 333 g/mol. The summed E-state index contributed by atoms with van der Waals surface area (Å²) in [5, 5.41) is 6.07. The van der Waals surface area contributed by atoms with E-state index in [2.05, 4.69) is 10.6 Å². The van der Waals surface area contributed by atoms with Crippen molar-refractivity contribution < 1.29 is 9.53 Å². The lowest BCUT2D eigenvalue weighted by Gasteiger charge is -2.13. The number of rotatable bonds is 5. The number of ether oxygens (including phenoxy) is 1. The van der Waals surface area contributed by atoms with Crippen LogP contribution in [0.5, 0.6) is 5.75 Å². The number of para-hydroxylation sites is 1. The molecule has 0 spiro atoms. The van der Waals surface area contributed by atoms with E-state index in [1.165, 1.54) is 0 Å². The lowest BCUT2D eigenvalue weighted by molar-refractivity contribution is 0.247. The highest BCUT2D eigenvalue weighted by molar-refractivity contribution is 6.34. The molecule has 0 aliphatic rings. The molecule has 5 heteroatoms. The first-order valence-corrected chi connectivity index (χ1v) is 7.85. The van der Waals surface area contributed by atoms with Gasteiger partial charge >= 0.3 is 6.03 Å². The van der Waals surface area contributed by atoms with Crippen molar-refractivity contribution >= 4 is 23.3 Å². The second kappa shape index (κ2) is 7.88. The minimum atomic E-state index is -0.299. The van der Waals surface area contributed by atoms with Crippen molar-refractivity contribution in [1.82, 2.24) is 5.32 Å². The summed E-state index contributed by atoms with van der Waals surface area (Å²) in [6.07, 6.45) is 0. The van der Waals surface area contributed by atoms with Gasteiger partial charge in [-0.3, -0.25) is 0 Å². The smallest absolute Gasteiger partial charge is 0.319 e. The molecule has 0 unspecified atom stereocenters. The van der Waals surface area contributed by atoms with Crippen LogP contribution in [0.3, 0.4) is 0 Å². The van der Waals surface area contributed by atoms with E-state index in [1.54, 1.807) is 0 Å². The highest BCUT2D eigenvalue weighted by Gasteiger charge is 2.09. The molecule has 122 valence electrons. The third-order valence-electron chi connectivity index (χ3n) is 3.41. The Morgan fingerprint density at radius 1 is 1.13 bits per heavy atom. The summed E-state index contributed by atoms with van der Waals surface area (Å²) in [7, 11) is 0. The summed E-state index contributed by atoms with van der Waals surface area (Å²) in [4.78, 5) is 11.9. The van der Waals surface area contributed by atoms with Crippen molar-refractivity contribution in [3.05, 3.63) is 58.1 Å². The number of amides is 2. The van der Waals surface area contributed by atoms with Gasteiger partial charge in [0.2, 0.25) is 0 Å². The number of anilines is 1. The van der Waals surface area contributed by atoms with Gasteiger partial charge in [0.1, 0.15) is 12.4 Å². The monoisotopic (exact) mass is 332 g/mol. The fraction of sp³-hybridized carbons (Fsp3) is 0.278. The van der Waals surface area contributed by atoms with Crippen molar-refractivity contribution in [2.24, 2.45) is 0 Å². The zero-order valence-corrected chi connectivity index (χ0v) is 14.3. The topological polar surface area (TPSA) is 50.4 Å². The molecule has 0 bridgehead atoms. The van der Waals surface area contributed by atoms with Gasteiger partial charge in [0.15, 0.2) is 0 Å². The lowest BCUT2D eigenvalue weighted by atomic mass is 10.1. The number of nitrogens with one attached hydrogen (secondary N) is 2. The predicted molar refractivity (Wildman–Crippen MR) is 94.6 cm³/mol. The molecule has 2 N–H and O–H groups in total. The molecule has 0 aliphatic carbocycles. The Morgan fingerprint density at radius 2 is 1.87 bits per heavy atom. The molecular formula is C18H21ClN2O2. The molecule has 0 aliphatic heterocycles. The van der Waals surface area contributed by atoms with Crippen LogP contribution in [0.25, 0.3) is 0 Å². The minimum absolute atomic E-state index is 0.299. The maximum Gasteiger partial charge on any atom is 0.319 e. The first-order valence-electron chi connectivity index (χ1n) is 7.47. The molecule has 2 amide bonds. The fourth-order valence-corrected chi connectivity index (χ4v) is 2.64. The van der Waals surface area contributed by atoms with Crippen LogP contribution in [0, 0.1) is 20.8 Å². The quantitative estimate of drug-likeness (QED) is 0.794. The SMILES string of the molecule is Cc1cc(C)c(NC(=O)NCCOc2ccccc2C)c(Cl)c1. The average Bonchev–Trinajstić information content (AvgIpc) is 2.49. The maximum absolute atomic E-state index is 11.9. The Hall–Kier alpha value is -2.20. The van der Waals surface area contributed by atoms with E-state index < -0.39 is 0 Å². The standard InChI is InChI=1S/C18H21ClN2O2/c1-12-10-14(3)17(15(19)11-12)21-18(22)20-8-9-23-16-7-5-4-6-13(16)2/h4-7,10-11H,8-9H2,1-3H3,(H2,20,21,22).